The van der Waals surface area contributed by atoms with Gasteiger partial charge in [-0.3, -0.25) is 4.99 Å². The quantitative estimate of drug-likeness (QED) is 0.297. The molecule has 2 aromatic heterocycles. The summed E-state index contributed by atoms with van der Waals surface area (Å²) in [6, 6.07) is 8.25. The van der Waals surface area contributed by atoms with Crippen LogP contribution < -0.4 is 10.6 Å². The molecule has 8 heteroatoms. The predicted molar refractivity (Wildman–Crippen MR) is 124 cm³/mol. The Labute approximate surface area is 181 Å². The largest absolute Gasteiger partial charge is 0.357 e. The second-order valence-electron chi connectivity index (χ2n) is 6.09. The summed E-state index contributed by atoms with van der Waals surface area (Å²) in [4.78, 5) is 13.8. The maximum atomic E-state index is 4.66. The van der Waals surface area contributed by atoms with Crippen LogP contribution in [0.15, 0.2) is 34.6 Å². The van der Waals surface area contributed by atoms with Crippen molar-refractivity contribution in [2.45, 2.75) is 33.7 Å². The molecule has 0 aliphatic carbocycles. The van der Waals surface area contributed by atoms with Gasteiger partial charge in [-0.25, -0.2) is 9.97 Å². The number of hydrogen-bond acceptors (Lipinski definition) is 4. The Kier molecular flexibility index (Phi) is 8.49. The molecule has 0 spiro atoms. The van der Waals surface area contributed by atoms with Crippen LogP contribution in [0.3, 0.4) is 0 Å². The number of aliphatic imine (C=N–C) groups is 1. The van der Waals surface area contributed by atoms with Gasteiger partial charge in [0.1, 0.15) is 5.82 Å². The molecule has 0 radical (unpaired) electrons. The zero-order valence-corrected chi connectivity index (χ0v) is 19.2. The van der Waals surface area contributed by atoms with E-state index in [9.17, 15) is 0 Å². The van der Waals surface area contributed by atoms with Crippen LogP contribution in [0.25, 0.3) is 11.0 Å². The lowest BCUT2D eigenvalue weighted by molar-refractivity contribution is 0.660. The highest BCUT2D eigenvalue weighted by Gasteiger charge is 2.06. The van der Waals surface area contributed by atoms with Crippen molar-refractivity contribution in [3.05, 3.63) is 46.2 Å². The summed E-state index contributed by atoms with van der Waals surface area (Å²) in [6.45, 7) is 9.37. The average Bonchev–Trinajstić information content (AvgIpc) is 3.18. The predicted octanol–water partition coefficient (Wildman–Crippen LogP) is 3.53. The van der Waals surface area contributed by atoms with E-state index in [2.05, 4.69) is 67.6 Å². The summed E-state index contributed by atoms with van der Waals surface area (Å²) in [5, 5.41) is 9.93. The normalized spacial score (nSPS) is 11.4. The van der Waals surface area contributed by atoms with Gasteiger partial charge in [-0.05, 0) is 32.9 Å². The minimum absolute atomic E-state index is 0. The number of aromatic nitrogens is 3. The molecule has 0 amide bonds. The van der Waals surface area contributed by atoms with Crippen molar-refractivity contribution < 1.29 is 0 Å². The highest BCUT2D eigenvalue weighted by Crippen LogP contribution is 2.14. The number of benzene rings is 1. The molecule has 0 atom stereocenters. The second-order valence-corrected chi connectivity index (χ2v) is 7.16. The number of nitrogens with one attached hydrogen (secondary N) is 2. The van der Waals surface area contributed by atoms with Crippen molar-refractivity contribution in [3.8, 4) is 0 Å². The Morgan fingerprint density at radius 3 is 2.74 bits per heavy atom. The molecular weight excluding hydrogens is 471 g/mol. The van der Waals surface area contributed by atoms with Gasteiger partial charge in [0, 0.05) is 38.0 Å². The summed E-state index contributed by atoms with van der Waals surface area (Å²) in [5.41, 5.74) is 3.34. The summed E-state index contributed by atoms with van der Waals surface area (Å²) in [5.74, 6) is 1.88. The van der Waals surface area contributed by atoms with E-state index in [1.807, 2.05) is 13.0 Å². The Bertz CT molecular complexity index is 885. The molecule has 3 rings (SSSR count). The molecule has 6 nitrogen and oxygen atoms in total. The summed E-state index contributed by atoms with van der Waals surface area (Å²) < 4.78 is 2.24. The Morgan fingerprint density at radius 2 is 2.00 bits per heavy atom. The highest BCUT2D eigenvalue weighted by atomic mass is 127. The van der Waals surface area contributed by atoms with Crippen molar-refractivity contribution in [1.82, 2.24) is 25.2 Å². The van der Waals surface area contributed by atoms with E-state index < -0.39 is 0 Å². The number of para-hydroxylation sites is 2. The third kappa shape index (κ3) is 5.90. The molecule has 0 saturated heterocycles. The van der Waals surface area contributed by atoms with Gasteiger partial charge >= 0.3 is 0 Å². The van der Waals surface area contributed by atoms with Crippen LogP contribution in [-0.4, -0.2) is 40.1 Å². The minimum atomic E-state index is 0. The van der Waals surface area contributed by atoms with Crippen LogP contribution in [0.2, 0.25) is 0 Å². The number of aryl methyl sites for hydroxylation is 2. The molecule has 0 aliphatic rings. The minimum Gasteiger partial charge on any atom is -0.357 e. The summed E-state index contributed by atoms with van der Waals surface area (Å²) in [6.07, 6.45) is 0.867. The summed E-state index contributed by atoms with van der Waals surface area (Å²) in [7, 11) is 0. The standard InChI is InChI=1S/C19H26N6S.HI/c1-4-20-19(21-10-9-16-13-26-15(3)24-16)22-11-12-25-14(2)23-17-7-5-6-8-18(17)25;/h5-8,13H,4,9-12H2,1-3H3,(H2,20,21,22);1H. The van der Waals surface area contributed by atoms with Crippen LogP contribution in [0.1, 0.15) is 23.4 Å². The first-order chi connectivity index (χ1) is 12.7. The maximum absolute atomic E-state index is 4.66. The van der Waals surface area contributed by atoms with Crippen LogP contribution in [0.4, 0.5) is 0 Å². The van der Waals surface area contributed by atoms with Gasteiger partial charge in [-0.1, -0.05) is 12.1 Å². The Hall–Kier alpha value is -1.68. The molecule has 3 aromatic rings. The lowest BCUT2D eigenvalue weighted by atomic mass is 10.3. The number of nitrogens with zero attached hydrogens (tertiary/aromatic N) is 4. The van der Waals surface area contributed by atoms with Crippen LogP contribution in [-0.2, 0) is 13.0 Å². The van der Waals surface area contributed by atoms with Crippen molar-refractivity contribution >= 4 is 52.3 Å². The van der Waals surface area contributed by atoms with E-state index in [1.165, 1.54) is 5.52 Å². The van der Waals surface area contributed by atoms with E-state index in [1.54, 1.807) is 11.3 Å². The number of imidazole rings is 1. The lowest BCUT2D eigenvalue weighted by Gasteiger charge is -2.12. The number of guanidine groups is 1. The number of fused-ring (bicyclic) bond motifs is 1. The molecule has 0 bridgehead atoms. The van der Waals surface area contributed by atoms with Crippen molar-refractivity contribution in [2.24, 2.45) is 4.99 Å². The van der Waals surface area contributed by atoms with E-state index in [4.69, 9.17) is 0 Å². The van der Waals surface area contributed by atoms with Crippen molar-refractivity contribution in [3.63, 3.8) is 0 Å². The van der Waals surface area contributed by atoms with E-state index in [0.29, 0.717) is 0 Å². The molecule has 2 heterocycles. The van der Waals surface area contributed by atoms with Crippen LogP contribution in [0, 0.1) is 13.8 Å². The monoisotopic (exact) mass is 498 g/mol. The van der Waals surface area contributed by atoms with Gasteiger partial charge in [-0.2, -0.15) is 0 Å². The van der Waals surface area contributed by atoms with Crippen molar-refractivity contribution in [1.29, 1.82) is 0 Å². The fourth-order valence-corrected chi connectivity index (χ4v) is 3.56. The van der Waals surface area contributed by atoms with Crippen molar-refractivity contribution in [2.75, 3.05) is 19.6 Å². The zero-order valence-electron chi connectivity index (χ0n) is 16.0. The molecule has 2 N–H and O–H groups in total. The third-order valence-corrected chi connectivity index (χ3v) is 4.94. The molecule has 0 aliphatic heterocycles. The molecule has 1 aromatic carbocycles. The first kappa shape index (κ1) is 21.6. The number of halogens is 1. The fourth-order valence-electron chi connectivity index (χ4n) is 2.91. The molecule has 0 fully saturated rings. The maximum Gasteiger partial charge on any atom is 0.191 e. The van der Waals surface area contributed by atoms with Crippen LogP contribution in [0.5, 0.6) is 0 Å². The highest BCUT2D eigenvalue weighted by molar-refractivity contribution is 14.0. The lowest BCUT2D eigenvalue weighted by Crippen LogP contribution is -2.39. The number of hydrogen-bond donors (Lipinski definition) is 2. The first-order valence-corrected chi connectivity index (χ1v) is 9.90. The Morgan fingerprint density at radius 1 is 1.19 bits per heavy atom. The molecule has 0 unspecified atom stereocenters. The third-order valence-electron chi connectivity index (χ3n) is 4.12. The zero-order chi connectivity index (χ0) is 18.4. The van der Waals surface area contributed by atoms with Gasteiger partial charge in [0.05, 0.1) is 21.7 Å². The smallest absolute Gasteiger partial charge is 0.191 e. The van der Waals surface area contributed by atoms with Gasteiger partial charge in [0.2, 0.25) is 0 Å². The Balaban J connectivity index is 0.00000261. The van der Waals surface area contributed by atoms with Gasteiger partial charge < -0.3 is 15.2 Å². The van der Waals surface area contributed by atoms with Crippen LogP contribution >= 0.6 is 35.3 Å². The van der Waals surface area contributed by atoms with Gasteiger partial charge in [-0.15, -0.1) is 35.3 Å². The topological polar surface area (TPSA) is 67.1 Å². The number of rotatable bonds is 7. The SMILES string of the molecule is CCNC(=NCCc1csc(C)n1)NCCn1c(C)nc2ccccc21.I. The molecule has 0 saturated carbocycles. The van der Waals surface area contributed by atoms with E-state index in [0.717, 1.165) is 60.6 Å². The first-order valence-electron chi connectivity index (χ1n) is 9.02. The fraction of sp³-hybridized carbons (Fsp3) is 0.421. The van der Waals surface area contributed by atoms with Gasteiger partial charge in [0.25, 0.3) is 0 Å². The molecule has 27 heavy (non-hydrogen) atoms. The average molecular weight is 498 g/mol. The van der Waals surface area contributed by atoms with Gasteiger partial charge in [0.15, 0.2) is 5.96 Å². The molecular formula is C19H27IN6S. The second kappa shape index (κ2) is 10.6. The summed E-state index contributed by atoms with van der Waals surface area (Å²) >= 11 is 1.69. The number of thiazole rings is 1. The van der Waals surface area contributed by atoms with E-state index >= 15 is 0 Å². The van der Waals surface area contributed by atoms with E-state index in [-0.39, 0.29) is 24.0 Å². The molecule has 146 valence electrons.